The van der Waals surface area contributed by atoms with Gasteiger partial charge in [0, 0.05) is 44.3 Å². The molecule has 302 valence electrons. The standard InChI is InChI=1S/C60H40BN3Si/c1-5-22-41(23-6-1)62-53-38-19-15-34-49(53)61-50-35-16-20-39-54(50)63(60-56-48-33-14-18-37-52(48)64-51-36-17-13-32-47(51)55(58(56)64)59(62)57(60)61)42-24-21-31-46(40-42)65(43-25-7-2-8-26-43,44-27-9-3-10-28-44)45-29-11-4-12-30-45/h1-40H. The Kier molecular flexibility index (Phi) is 7.80. The molecule has 5 heteroatoms. The predicted molar refractivity (Wildman–Crippen MR) is 279 cm³/mol. The molecular weight excluding hydrogens is 802 g/mol. The summed E-state index contributed by atoms with van der Waals surface area (Å²) in [6.07, 6.45) is 0. The Labute approximate surface area is 379 Å². The van der Waals surface area contributed by atoms with Crippen LogP contribution in [-0.2, 0) is 0 Å². The Balaban J connectivity index is 1.17. The van der Waals surface area contributed by atoms with Crippen molar-refractivity contribution in [3.05, 3.63) is 243 Å². The van der Waals surface area contributed by atoms with Gasteiger partial charge in [0.25, 0.3) is 6.71 Å². The number of para-hydroxylation sites is 5. The minimum Gasteiger partial charge on any atom is -0.311 e. The smallest absolute Gasteiger partial charge is 0.252 e. The highest BCUT2D eigenvalue weighted by atomic mass is 28.3. The van der Waals surface area contributed by atoms with Crippen molar-refractivity contribution in [1.29, 1.82) is 0 Å². The number of benzene rings is 10. The van der Waals surface area contributed by atoms with Crippen molar-refractivity contribution in [2.75, 3.05) is 9.80 Å². The molecule has 0 fully saturated rings. The first-order chi connectivity index (χ1) is 32.3. The predicted octanol–water partition coefficient (Wildman–Crippen LogP) is 10.3. The van der Waals surface area contributed by atoms with Crippen LogP contribution in [0.4, 0.5) is 34.1 Å². The summed E-state index contributed by atoms with van der Waals surface area (Å²) < 4.78 is 2.55. The molecule has 0 N–H and O–H groups in total. The van der Waals surface area contributed by atoms with E-state index in [1.165, 1.54) is 98.0 Å². The average Bonchev–Trinajstić information content (AvgIpc) is 3.91. The van der Waals surface area contributed by atoms with Crippen LogP contribution < -0.4 is 46.9 Å². The van der Waals surface area contributed by atoms with Crippen LogP contribution in [0.2, 0.25) is 0 Å². The summed E-state index contributed by atoms with van der Waals surface area (Å²) in [5.74, 6) is 0. The molecule has 2 aromatic heterocycles. The van der Waals surface area contributed by atoms with Gasteiger partial charge in [-0.05, 0) is 85.7 Å². The van der Waals surface area contributed by atoms with Crippen molar-refractivity contribution >= 4 is 124 Å². The lowest BCUT2D eigenvalue weighted by Gasteiger charge is -2.45. The van der Waals surface area contributed by atoms with Gasteiger partial charge in [-0.15, -0.1) is 0 Å². The molecule has 0 atom stereocenters. The highest BCUT2D eigenvalue weighted by Crippen LogP contribution is 2.54. The third kappa shape index (κ3) is 4.90. The van der Waals surface area contributed by atoms with Crippen molar-refractivity contribution < 1.29 is 0 Å². The Morgan fingerprint density at radius 2 is 0.738 bits per heavy atom. The Hall–Kier alpha value is -8.12. The maximum Gasteiger partial charge on any atom is 0.252 e. The Morgan fingerprint density at radius 3 is 1.26 bits per heavy atom. The SMILES string of the molecule is c1ccc(N2c3ccccc3B3c4ccccc4N(c4cccc([Si](c5ccccc5)(c5ccccc5)c5ccccc5)c4)c4c3c2c2c3ccccc3n3c5ccccc5c4c23)cc1. The van der Waals surface area contributed by atoms with Crippen LogP contribution in [0.15, 0.2) is 243 Å². The van der Waals surface area contributed by atoms with E-state index in [-0.39, 0.29) is 6.71 Å². The van der Waals surface area contributed by atoms with Crippen LogP contribution in [0.5, 0.6) is 0 Å². The van der Waals surface area contributed by atoms with Crippen molar-refractivity contribution in [2.24, 2.45) is 0 Å². The monoisotopic (exact) mass is 841 g/mol. The minimum atomic E-state index is -2.87. The molecule has 0 radical (unpaired) electrons. The van der Waals surface area contributed by atoms with E-state index < -0.39 is 8.07 Å². The van der Waals surface area contributed by atoms with Crippen molar-refractivity contribution in [3.8, 4) is 0 Å². The summed E-state index contributed by atoms with van der Waals surface area (Å²) in [5.41, 5.74) is 14.9. The number of anilines is 6. The van der Waals surface area contributed by atoms with Gasteiger partial charge in [-0.25, -0.2) is 0 Å². The molecule has 0 aliphatic carbocycles. The third-order valence-corrected chi connectivity index (χ3v) is 19.2. The van der Waals surface area contributed by atoms with Crippen LogP contribution in [0, 0.1) is 0 Å². The summed E-state index contributed by atoms with van der Waals surface area (Å²) in [5, 5.41) is 10.6. The molecule has 0 unspecified atom stereocenters. The Morgan fingerprint density at radius 1 is 0.338 bits per heavy atom. The topological polar surface area (TPSA) is 10.9 Å². The maximum absolute atomic E-state index is 2.87. The van der Waals surface area contributed by atoms with E-state index >= 15 is 0 Å². The molecular formula is C60H40BN3Si. The lowest BCUT2D eigenvalue weighted by molar-refractivity contribution is 1.27. The van der Waals surface area contributed by atoms with E-state index in [0.717, 1.165) is 11.4 Å². The van der Waals surface area contributed by atoms with Gasteiger partial charge in [-0.3, -0.25) is 0 Å². The van der Waals surface area contributed by atoms with Crippen molar-refractivity contribution in [1.82, 2.24) is 4.40 Å². The van der Waals surface area contributed by atoms with E-state index in [0.29, 0.717) is 0 Å². The summed E-state index contributed by atoms with van der Waals surface area (Å²) in [6, 6.07) is 91.0. The van der Waals surface area contributed by atoms with Crippen LogP contribution in [0.3, 0.4) is 0 Å². The first-order valence-corrected chi connectivity index (χ1v) is 24.7. The van der Waals surface area contributed by atoms with Gasteiger partial charge in [0.15, 0.2) is 8.07 Å². The molecule has 2 aliphatic heterocycles. The maximum atomic E-state index is 2.64. The number of aromatic nitrogens is 1. The fourth-order valence-electron chi connectivity index (χ4n) is 12.0. The van der Waals surface area contributed by atoms with E-state index in [4.69, 9.17) is 0 Å². The molecule has 4 heterocycles. The van der Waals surface area contributed by atoms with Crippen molar-refractivity contribution in [3.63, 3.8) is 0 Å². The zero-order chi connectivity index (χ0) is 42.6. The molecule has 2 aliphatic rings. The highest BCUT2D eigenvalue weighted by Gasteiger charge is 2.47. The molecule has 3 nitrogen and oxygen atoms in total. The molecule has 0 saturated carbocycles. The lowest BCUT2D eigenvalue weighted by atomic mass is 9.33. The molecule has 10 aromatic carbocycles. The fourth-order valence-corrected chi connectivity index (χ4v) is 16.8. The zero-order valence-corrected chi connectivity index (χ0v) is 36.5. The first kappa shape index (κ1) is 36.4. The van der Waals surface area contributed by atoms with Crippen LogP contribution in [0.1, 0.15) is 0 Å². The molecule has 65 heavy (non-hydrogen) atoms. The van der Waals surface area contributed by atoms with Gasteiger partial charge in [-0.1, -0.05) is 194 Å². The second kappa shape index (κ2) is 13.9. The van der Waals surface area contributed by atoms with E-state index in [9.17, 15) is 0 Å². The molecule has 0 saturated heterocycles. The second-order valence-electron chi connectivity index (χ2n) is 17.5. The molecule has 14 rings (SSSR count). The first-order valence-electron chi connectivity index (χ1n) is 22.7. The summed E-state index contributed by atoms with van der Waals surface area (Å²) in [6.45, 7) is -0.00580. The quantitative estimate of drug-likeness (QED) is 0.122. The van der Waals surface area contributed by atoms with Crippen LogP contribution in [0.25, 0.3) is 38.1 Å². The third-order valence-electron chi connectivity index (χ3n) is 14.4. The summed E-state index contributed by atoms with van der Waals surface area (Å²) in [7, 11) is -2.87. The van der Waals surface area contributed by atoms with Gasteiger partial charge < -0.3 is 14.2 Å². The van der Waals surface area contributed by atoms with Gasteiger partial charge in [0.1, 0.15) is 0 Å². The molecule has 0 spiro atoms. The van der Waals surface area contributed by atoms with Gasteiger partial charge in [0.05, 0.1) is 27.9 Å². The normalized spacial score (nSPS) is 13.1. The van der Waals surface area contributed by atoms with Gasteiger partial charge in [-0.2, -0.15) is 0 Å². The minimum absolute atomic E-state index is 0.00580. The molecule has 0 amide bonds. The Bertz CT molecular complexity index is 3700. The number of rotatable bonds is 6. The number of nitrogens with zero attached hydrogens (tertiary/aromatic N) is 3. The van der Waals surface area contributed by atoms with Gasteiger partial charge >= 0.3 is 0 Å². The van der Waals surface area contributed by atoms with Gasteiger partial charge in [0.2, 0.25) is 0 Å². The fraction of sp³-hybridized carbons (Fsp3) is 0. The second-order valence-corrected chi connectivity index (χ2v) is 21.3. The number of fused-ring (bicyclic) bond motifs is 12. The average molecular weight is 842 g/mol. The number of hydrogen-bond acceptors (Lipinski definition) is 2. The van der Waals surface area contributed by atoms with Crippen LogP contribution >= 0.6 is 0 Å². The summed E-state index contributed by atoms with van der Waals surface area (Å²) >= 11 is 0. The summed E-state index contributed by atoms with van der Waals surface area (Å²) in [4.78, 5) is 5.22. The molecule has 12 aromatic rings. The van der Waals surface area contributed by atoms with Crippen molar-refractivity contribution in [2.45, 2.75) is 0 Å². The van der Waals surface area contributed by atoms with E-state index in [1.807, 2.05) is 0 Å². The largest absolute Gasteiger partial charge is 0.311 e. The van der Waals surface area contributed by atoms with E-state index in [1.54, 1.807) is 0 Å². The van der Waals surface area contributed by atoms with Crippen LogP contribution in [-0.4, -0.2) is 19.2 Å². The molecule has 0 bridgehead atoms. The highest BCUT2D eigenvalue weighted by molar-refractivity contribution is 7.20. The number of hydrogen-bond donors (Lipinski definition) is 0. The van der Waals surface area contributed by atoms with E-state index in [2.05, 4.69) is 257 Å². The lowest BCUT2D eigenvalue weighted by Crippen LogP contribution is -2.74. The zero-order valence-electron chi connectivity index (χ0n) is 35.5.